The first kappa shape index (κ1) is 15.8. The highest BCUT2D eigenvalue weighted by atomic mass is 32.2. The molecule has 2 N–H and O–H groups in total. The number of benzene rings is 1. The van der Waals surface area contributed by atoms with Gasteiger partial charge in [0.2, 0.25) is 11.1 Å². The Morgan fingerprint density at radius 1 is 1.30 bits per heavy atom. The number of hydrogen-bond donors (Lipinski definition) is 2. The molecule has 0 fully saturated rings. The predicted octanol–water partition coefficient (Wildman–Crippen LogP) is 3.33. The SMILES string of the molecule is C[C@H](Sc1n[nH]c(-c2cccs2)n1)C(=O)NCc1ccccc1. The van der Waals surface area contributed by atoms with Gasteiger partial charge in [-0.3, -0.25) is 9.89 Å². The van der Waals surface area contributed by atoms with Crippen LogP contribution < -0.4 is 5.32 Å². The largest absolute Gasteiger partial charge is 0.351 e. The highest BCUT2D eigenvalue weighted by Gasteiger charge is 2.17. The molecule has 5 nitrogen and oxygen atoms in total. The number of H-pyrrole nitrogens is 1. The van der Waals surface area contributed by atoms with Crippen molar-refractivity contribution in [2.24, 2.45) is 0 Å². The van der Waals surface area contributed by atoms with Gasteiger partial charge in [0.15, 0.2) is 5.82 Å². The Morgan fingerprint density at radius 3 is 2.87 bits per heavy atom. The number of aromatic nitrogens is 3. The second-order valence-electron chi connectivity index (χ2n) is 4.91. The van der Waals surface area contributed by atoms with Crippen LogP contribution in [0.4, 0.5) is 0 Å². The lowest BCUT2D eigenvalue weighted by atomic mass is 10.2. The highest BCUT2D eigenvalue weighted by molar-refractivity contribution is 8.00. The summed E-state index contributed by atoms with van der Waals surface area (Å²) in [6.07, 6.45) is 0. The lowest BCUT2D eigenvalue weighted by Gasteiger charge is -2.10. The van der Waals surface area contributed by atoms with Crippen molar-refractivity contribution in [3.05, 3.63) is 53.4 Å². The van der Waals surface area contributed by atoms with E-state index in [1.54, 1.807) is 11.3 Å². The number of thioether (sulfide) groups is 1. The van der Waals surface area contributed by atoms with Crippen molar-refractivity contribution in [3.8, 4) is 10.7 Å². The van der Waals surface area contributed by atoms with Gasteiger partial charge in [-0.05, 0) is 23.9 Å². The molecule has 1 aromatic carbocycles. The summed E-state index contributed by atoms with van der Waals surface area (Å²) in [5, 5.41) is 12.3. The molecule has 0 spiro atoms. The van der Waals surface area contributed by atoms with Gasteiger partial charge < -0.3 is 5.32 Å². The average Bonchev–Trinajstić information content (AvgIpc) is 3.24. The van der Waals surface area contributed by atoms with E-state index in [9.17, 15) is 4.79 Å². The fraction of sp³-hybridized carbons (Fsp3) is 0.188. The van der Waals surface area contributed by atoms with Crippen molar-refractivity contribution in [1.29, 1.82) is 0 Å². The van der Waals surface area contributed by atoms with E-state index in [0.29, 0.717) is 11.7 Å². The van der Waals surface area contributed by atoms with Crippen molar-refractivity contribution in [2.75, 3.05) is 0 Å². The Labute approximate surface area is 142 Å². The molecule has 1 amide bonds. The van der Waals surface area contributed by atoms with Gasteiger partial charge in [0.25, 0.3) is 0 Å². The molecule has 118 valence electrons. The number of aromatic amines is 1. The van der Waals surface area contributed by atoms with E-state index in [1.165, 1.54) is 11.8 Å². The Hall–Kier alpha value is -2.12. The molecule has 3 aromatic rings. The van der Waals surface area contributed by atoms with Crippen LogP contribution in [0, 0.1) is 0 Å². The maximum Gasteiger partial charge on any atom is 0.233 e. The standard InChI is InChI=1S/C16H16N4OS2/c1-11(15(21)17-10-12-6-3-2-4-7-12)23-16-18-14(19-20-16)13-8-5-9-22-13/h2-9,11H,10H2,1H3,(H,17,21)(H,18,19,20)/t11-/m0/s1. The fourth-order valence-corrected chi connectivity index (χ4v) is 3.38. The first-order valence-corrected chi connectivity index (χ1v) is 8.93. The van der Waals surface area contributed by atoms with Crippen LogP contribution in [0.15, 0.2) is 53.0 Å². The van der Waals surface area contributed by atoms with Crippen LogP contribution in [-0.2, 0) is 11.3 Å². The van der Waals surface area contributed by atoms with Crippen molar-refractivity contribution >= 4 is 29.0 Å². The second-order valence-corrected chi connectivity index (χ2v) is 7.16. The number of amides is 1. The Kier molecular flexibility index (Phi) is 5.09. The molecular weight excluding hydrogens is 328 g/mol. The number of nitrogens with one attached hydrogen (secondary N) is 2. The van der Waals surface area contributed by atoms with Gasteiger partial charge in [0, 0.05) is 6.54 Å². The number of thiophene rings is 1. The molecule has 23 heavy (non-hydrogen) atoms. The molecule has 0 saturated carbocycles. The molecule has 0 radical (unpaired) electrons. The minimum atomic E-state index is -0.259. The summed E-state index contributed by atoms with van der Waals surface area (Å²) < 4.78 is 0. The van der Waals surface area contributed by atoms with Gasteiger partial charge in [0.05, 0.1) is 10.1 Å². The fourth-order valence-electron chi connectivity index (χ4n) is 1.96. The molecule has 2 heterocycles. The van der Waals surface area contributed by atoms with Crippen molar-refractivity contribution in [1.82, 2.24) is 20.5 Å². The molecule has 0 saturated heterocycles. The van der Waals surface area contributed by atoms with Gasteiger partial charge in [-0.15, -0.1) is 16.4 Å². The molecule has 0 bridgehead atoms. The number of nitrogens with zero attached hydrogens (tertiary/aromatic N) is 2. The first-order chi connectivity index (χ1) is 11.2. The summed E-state index contributed by atoms with van der Waals surface area (Å²) >= 11 is 2.94. The lowest BCUT2D eigenvalue weighted by Crippen LogP contribution is -2.30. The Balaban J connectivity index is 1.54. The minimum Gasteiger partial charge on any atom is -0.351 e. The van der Waals surface area contributed by atoms with E-state index < -0.39 is 0 Å². The molecular formula is C16H16N4OS2. The number of carbonyl (C=O) groups excluding carboxylic acids is 1. The molecule has 0 aliphatic rings. The van der Waals surface area contributed by atoms with Crippen LogP contribution in [0.5, 0.6) is 0 Å². The zero-order valence-corrected chi connectivity index (χ0v) is 14.2. The van der Waals surface area contributed by atoms with Crippen LogP contribution in [-0.4, -0.2) is 26.3 Å². The van der Waals surface area contributed by atoms with Crippen LogP contribution in [0.1, 0.15) is 12.5 Å². The maximum atomic E-state index is 12.2. The first-order valence-electron chi connectivity index (χ1n) is 7.17. The summed E-state index contributed by atoms with van der Waals surface area (Å²) in [6, 6.07) is 13.8. The van der Waals surface area contributed by atoms with E-state index in [1.807, 2.05) is 54.8 Å². The number of hydrogen-bond acceptors (Lipinski definition) is 5. The van der Waals surface area contributed by atoms with E-state index in [2.05, 4.69) is 20.5 Å². The topological polar surface area (TPSA) is 70.7 Å². The highest BCUT2D eigenvalue weighted by Crippen LogP contribution is 2.25. The predicted molar refractivity (Wildman–Crippen MR) is 93.3 cm³/mol. The van der Waals surface area contributed by atoms with Gasteiger partial charge in [-0.25, -0.2) is 4.98 Å². The van der Waals surface area contributed by atoms with Crippen molar-refractivity contribution in [3.63, 3.8) is 0 Å². The lowest BCUT2D eigenvalue weighted by molar-refractivity contribution is -0.120. The molecule has 0 aliphatic heterocycles. The summed E-state index contributed by atoms with van der Waals surface area (Å²) in [7, 11) is 0. The van der Waals surface area contributed by atoms with Gasteiger partial charge >= 0.3 is 0 Å². The smallest absolute Gasteiger partial charge is 0.233 e. The van der Waals surface area contributed by atoms with Crippen molar-refractivity contribution in [2.45, 2.75) is 23.9 Å². The molecule has 3 rings (SSSR count). The van der Waals surface area contributed by atoms with Crippen LogP contribution >= 0.6 is 23.1 Å². The normalized spacial score (nSPS) is 12.0. The average molecular weight is 344 g/mol. The summed E-state index contributed by atoms with van der Waals surface area (Å²) in [4.78, 5) is 17.6. The second kappa shape index (κ2) is 7.43. The minimum absolute atomic E-state index is 0.0265. The molecule has 2 aromatic heterocycles. The summed E-state index contributed by atoms with van der Waals surface area (Å²) in [6.45, 7) is 2.38. The zero-order valence-electron chi connectivity index (χ0n) is 12.5. The maximum absolute atomic E-state index is 12.2. The third-order valence-corrected chi connectivity index (χ3v) is 5.02. The van der Waals surface area contributed by atoms with E-state index in [4.69, 9.17) is 0 Å². The van der Waals surface area contributed by atoms with Crippen LogP contribution in [0.2, 0.25) is 0 Å². The Morgan fingerprint density at radius 2 is 2.13 bits per heavy atom. The van der Waals surface area contributed by atoms with E-state index >= 15 is 0 Å². The van der Waals surface area contributed by atoms with Crippen LogP contribution in [0.25, 0.3) is 10.7 Å². The summed E-state index contributed by atoms with van der Waals surface area (Å²) in [5.74, 6) is 0.709. The van der Waals surface area contributed by atoms with Gasteiger partial charge in [0.1, 0.15) is 0 Å². The van der Waals surface area contributed by atoms with Gasteiger partial charge in [-0.2, -0.15) is 0 Å². The van der Waals surface area contributed by atoms with Gasteiger partial charge in [-0.1, -0.05) is 48.2 Å². The third-order valence-electron chi connectivity index (χ3n) is 3.18. The number of carbonyl (C=O) groups is 1. The van der Waals surface area contributed by atoms with E-state index in [-0.39, 0.29) is 11.2 Å². The third kappa shape index (κ3) is 4.20. The monoisotopic (exact) mass is 344 g/mol. The van der Waals surface area contributed by atoms with Crippen molar-refractivity contribution < 1.29 is 4.79 Å². The number of rotatable bonds is 6. The van der Waals surface area contributed by atoms with Crippen LogP contribution in [0.3, 0.4) is 0 Å². The zero-order chi connectivity index (χ0) is 16.1. The van der Waals surface area contributed by atoms with E-state index in [0.717, 1.165) is 16.3 Å². The molecule has 7 heteroatoms. The summed E-state index contributed by atoms with van der Waals surface area (Å²) in [5.41, 5.74) is 1.08. The quantitative estimate of drug-likeness (QED) is 0.673. The molecule has 0 aliphatic carbocycles. The molecule has 1 atom stereocenters. The Bertz CT molecular complexity index is 756. The molecule has 0 unspecified atom stereocenters.